The van der Waals surface area contributed by atoms with Gasteiger partial charge in [-0.1, -0.05) is 6.42 Å². The summed E-state index contributed by atoms with van der Waals surface area (Å²) in [6, 6.07) is 4.03. The first-order chi connectivity index (χ1) is 11.2. The molecule has 0 saturated carbocycles. The molecule has 1 amide bonds. The van der Waals surface area contributed by atoms with Crippen LogP contribution < -0.4 is 5.32 Å². The molecule has 0 radical (unpaired) electrons. The quantitative estimate of drug-likeness (QED) is 0.918. The maximum absolute atomic E-state index is 12.3. The number of nitrogens with one attached hydrogen (secondary N) is 1. The standard InChI is InChI=1S/C17H23N5O/c1-14-9-19-22(11-14)12-16-6-2-3-8-21(16)13-17(23)20-15-5-4-7-18-10-15/h4-5,7,9-11,16H,2-3,6,8,12-13H2,1H3,(H,20,23)/t16-/m1/s1. The van der Waals surface area contributed by atoms with Crippen molar-refractivity contribution < 1.29 is 4.79 Å². The largest absolute Gasteiger partial charge is 0.324 e. The summed E-state index contributed by atoms with van der Waals surface area (Å²) in [5.74, 6) is 0.0153. The number of aryl methyl sites for hydroxylation is 1. The van der Waals surface area contributed by atoms with Gasteiger partial charge in [-0.15, -0.1) is 0 Å². The Morgan fingerprint density at radius 2 is 2.30 bits per heavy atom. The molecule has 2 aromatic rings. The average molecular weight is 313 g/mol. The van der Waals surface area contributed by atoms with Gasteiger partial charge >= 0.3 is 0 Å². The molecule has 6 nitrogen and oxygen atoms in total. The summed E-state index contributed by atoms with van der Waals surface area (Å²) < 4.78 is 1.98. The van der Waals surface area contributed by atoms with Gasteiger partial charge in [0, 0.05) is 18.4 Å². The van der Waals surface area contributed by atoms with Gasteiger partial charge in [-0.25, -0.2) is 0 Å². The highest BCUT2D eigenvalue weighted by atomic mass is 16.2. The fraction of sp³-hybridized carbons (Fsp3) is 0.471. The van der Waals surface area contributed by atoms with Gasteiger partial charge in [0.25, 0.3) is 0 Å². The minimum atomic E-state index is 0.0153. The van der Waals surface area contributed by atoms with E-state index in [2.05, 4.69) is 26.5 Å². The lowest BCUT2D eigenvalue weighted by Crippen LogP contribution is -2.46. The summed E-state index contributed by atoms with van der Waals surface area (Å²) in [5.41, 5.74) is 1.91. The molecule has 1 atom stereocenters. The number of carbonyl (C=O) groups is 1. The molecular weight excluding hydrogens is 290 g/mol. The molecule has 1 saturated heterocycles. The number of carbonyl (C=O) groups excluding carboxylic acids is 1. The number of anilines is 1. The molecule has 3 heterocycles. The lowest BCUT2D eigenvalue weighted by Gasteiger charge is -2.35. The molecule has 3 rings (SSSR count). The minimum absolute atomic E-state index is 0.0153. The first-order valence-corrected chi connectivity index (χ1v) is 8.14. The van der Waals surface area contributed by atoms with E-state index in [9.17, 15) is 4.79 Å². The third kappa shape index (κ3) is 4.39. The van der Waals surface area contributed by atoms with Crippen LogP contribution in [0.5, 0.6) is 0 Å². The fourth-order valence-electron chi connectivity index (χ4n) is 3.08. The highest BCUT2D eigenvalue weighted by molar-refractivity contribution is 5.92. The first-order valence-electron chi connectivity index (χ1n) is 8.14. The summed E-state index contributed by atoms with van der Waals surface area (Å²) in [4.78, 5) is 18.6. The Morgan fingerprint density at radius 3 is 3.04 bits per heavy atom. The number of aromatic nitrogens is 3. The summed E-state index contributed by atoms with van der Waals surface area (Å²) in [6.45, 7) is 4.27. The van der Waals surface area contributed by atoms with Gasteiger partial charge in [0.1, 0.15) is 0 Å². The van der Waals surface area contributed by atoms with Crippen LogP contribution in [0, 0.1) is 6.92 Å². The number of likely N-dealkylation sites (tertiary alicyclic amines) is 1. The Labute approximate surface area is 136 Å². The molecule has 6 heteroatoms. The van der Waals surface area contributed by atoms with Crippen molar-refractivity contribution in [2.24, 2.45) is 0 Å². The monoisotopic (exact) mass is 313 g/mol. The van der Waals surface area contributed by atoms with Crippen LogP contribution in [0.3, 0.4) is 0 Å². The van der Waals surface area contributed by atoms with E-state index in [0.29, 0.717) is 12.6 Å². The normalized spacial score (nSPS) is 18.7. The Kier molecular flexibility index (Phi) is 5.02. The Morgan fingerprint density at radius 1 is 1.39 bits per heavy atom. The van der Waals surface area contributed by atoms with Crippen molar-refractivity contribution in [2.75, 3.05) is 18.4 Å². The van der Waals surface area contributed by atoms with Crippen molar-refractivity contribution in [1.82, 2.24) is 19.7 Å². The molecule has 1 aliphatic rings. The van der Waals surface area contributed by atoms with E-state index in [4.69, 9.17) is 0 Å². The Hall–Kier alpha value is -2.21. The number of nitrogens with zero attached hydrogens (tertiary/aromatic N) is 4. The SMILES string of the molecule is Cc1cnn(C[C@H]2CCCCN2CC(=O)Nc2cccnc2)c1. The zero-order valence-corrected chi connectivity index (χ0v) is 13.5. The molecule has 0 unspecified atom stereocenters. The van der Waals surface area contributed by atoms with Gasteiger partial charge in [-0.2, -0.15) is 5.10 Å². The zero-order valence-electron chi connectivity index (χ0n) is 13.5. The van der Waals surface area contributed by atoms with Gasteiger partial charge < -0.3 is 5.32 Å². The highest BCUT2D eigenvalue weighted by Crippen LogP contribution is 2.18. The summed E-state index contributed by atoms with van der Waals surface area (Å²) in [5, 5.41) is 7.28. The van der Waals surface area contributed by atoms with E-state index >= 15 is 0 Å². The predicted octanol–water partition coefficient (Wildman–Crippen LogP) is 2.08. The van der Waals surface area contributed by atoms with E-state index in [0.717, 1.165) is 31.6 Å². The van der Waals surface area contributed by atoms with Crippen LogP contribution in [0.1, 0.15) is 24.8 Å². The first kappa shape index (κ1) is 15.7. The van der Waals surface area contributed by atoms with Crippen LogP contribution in [-0.4, -0.2) is 44.7 Å². The molecule has 2 aromatic heterocycles. The van der Waals surface area contributed by atoms with Crippen LogP contribution in [0.25, 0.3) is 0 Å². The molecule has 122 valence electrons. The zero-order chi connectivity index (χ0) is 16.1. The topological polar surface area (TPSA) is 63.1 Å². The fourth-order valence-corrected chi connectivity index (χ4v) is 3.08. The van der Waals surface area contributed by atoms with Crippen molar-refractivity contribution in [3.63, 3.8) is 0 Å². The summed E-state index contributed by atoms with van der Waals surface area (Å²) in [7, 11) is 0. The number of pyridine rings is 1. The van der Waals surface area contributed by atoms with Gasteiger partial charge in [0.15, 0.2) is 0 Å². The van der Waals surface area contributed by atoms with Crippen molar-refractivity contribution in [3.05, 3.63) is 42.5 Å². The highest BCUT2D eigenvalue weighted by Gasteiger charge is 2.24. The number of hydrogen-bond acceptors (Lipinski definition) is 4. The van der Waals surface area contributed by atoms with Crippen molar-refractivity contribution >= 4 is 11.6 Å². The van der Waals surface area contributed by atoms with E-state index in [1.165, 1.54) is 12.0 Å². The molecule has 0 spiro atoms. The van der Waals surface area contributed by atoms with Gasteiger partial charge in [-0.3, -0.25) is 19.4 Å². The van der Waals surface area contributed by atoms with Gasteiger partial charge in [0.05, 0.1) is 31.2 Å². The number of hydrogen-bond donors (Lipinski definition) is 1. The second kappa shape index (κ2) is 7.37. The van der Waals surface area contributed by atoms with E-state index in [-0.39, 0.29) is 5.91 Å². The smallest absolute Gasteiger partial charge is 0.238 e. The molecule has 23 heavy (non-hydrogen) atoms. The number of rotatable bonds is 5. The lowest BCUT2D eigenvalue weighted by atomic mass is 10.0. The molecule has 1 aliphatic heterocycles. The minimum Gasteiger partial charge on any atom is -0.324 e. The third-order valence-corrected chi connectivity index (χ3v) is 4.20. The maximum Gasteiger partial charge on any atom is 0.238 e. The van der Waals surface area contributed by atoms with Crippen LogP contribution in [0.2, 0.25) is 0 Å². The van der Waals surface area contributed by atoms with Crippen LogP contribution in [0.15, 0.2) is 36.9 Å². The molecular formula is C17H23N5O. The third-order valence-electron chi connectivity index (χ3n) is 4.20. The molecule has 0 aliphatic carbocycles. The number of amides is 1. The van der Waals surface area contributed by atoms with Gasteiger partial charge in [-0.05, 0) is 44.0 Å². The molecule has 1 N–H and O–H groups in total. The molecule has 1 fully saturated rings. The second-order valence-corrected chi connectivity index (χ2v) is 6.15. The second-order valence-electron chi connectivity index (χ2n) is 6.15. The predicted molar refractivity (Wildman–Crippen MR) is 89.0 cm³/mol. The van der Waals surface area contributed by atoms with E-state index < -0.39 is 0 Å². The van der Waals surface area contributed by atoms with Gasteiger partial charge in [0.2, 0.25) is 5.91 Å². The summed E-state index contributed by atoms with van der Waals surface area (Å²) >= 11 is 0. The molecule has 0 bridgehead atoms. The average Bonchev–Trinajstić information content (AvgIpc) is 2.95. The van der Waals surface area contributed by atoms with Crippen molar-refractivity contribution in [2.45, 2.75) is 38.8 Å². The van der Waals surface area contributed by atoms with E-state index in [1.807, 2.05) is 29.9 Å². The van der Waals surface area contributed by atoms with Crippen LogP contribution >= 0.6 is 0 Å². The van der Waals surface area contributed by atoms with Crippen molar-refractivity contribution in [1.29, 1.82) is 0 Å². The Balaban J connectivity index is 1.58. The van der Waals surface area contributed by atoms with E-state index in [1.54, 1.807) is 12.4 Å². The summed E-state index contributed by atoms with van der Waals surface area (Å²) in [6.07, 6.45) is 10.8. The number of piperidine rings is 1. The van der Waals surface area contributed by atoms with Crippen molar-refractivity contribution in [3.8, 4) is 0 Å². The molecule has 0 aromatic carbocycles. The lowest BCUT2D eigenvalue weighted by molar-refractivity contribution is -0.118. The van der Waals surface area contributed by atoms with Crippen LogP contribution in [0.4, 0.5) is 5.69 Å². The van der Waals surface area contributed by atoms with Crippen LogP contribution in [-0.2, 0) is 11.3 Å². The maximum atomic E-state index is 12.3. The Bertz CT molecular complexity index is 639.